The zero-order chi connectivity index (χ0) is 15.4. The van der Waals surface area contributed by atoms with E-state index < -0.39 is 0 Å². The number of ether oxygens (including phenoxy) is 3. The SMILES string of the molecule is COc1cc(OC)cc(Oc2ccc(C(N)=S)c(C)c2)c1. The molecule has 110 valence electrons. The molecule has 0 aliphatic heterocycles. The van der Waals surface area contributed by atoms with E-state index in [2.05, 4.69) is 0 Å². The Morgan fingerprint density at radius 1 is 0.905 bits per heavy atom. The third-order valence-corrected chi connectivity index (χ3v) is 3.24. The van der Waals surface area contributed by atoms with E-state index in [0.29, 0.717) is 28.0 Å². The normalized spacial score (nSPS) is 10.0. The molecule has 2 N–H and O–H groups in total. The molecule has 0 bridgehead atoms. The van der Waals surface area contributed by atoms with Crippen molar-refractivity contribution >= 4 is 17.2 Å². The molecular weight excluding hydrogens is 286 g/mol. The maximum absolute atomic E-state index is 5.83. The third kappa shape index (κ3) is 3.64. The van der Waals surface area contributed by atoms with Crippen molar-refractivity contribution in [3.05, 3.63) is 47.5 Å². The van der Waals surface area contributed by atoms with Crippen LogP contribution >= 0.6 is 12.2 Å². The van der Waals surface area contributed by atoms with Crippen molar-refractivity contribution in [1.82, 2.24) is 0 Å². The van der Waals surface area contributed by atoms with Crippen molar-refractivity contribution < 1.29 is 14.2 Å². The van der Waals surface area contributed by atoms with E-state index in [1.54, 1.807) is 32.4 Å². The van der Waals surface area contributed by atoms with E-state index in [1.165, 1.54) is 0 Å². The minimum Gasteiger partial charge on any atom is -0.496 e. The zero-order valence-electron chi connectivity index (χ0n) is 12.2. The molecule has 0 spiro atoms. The van der Waals surface area contributed by atoms with Crippen LogP contribution in [-0.4, -0.2) is 19.2 Å². The molecule has 0 amide bonds. The van der Waals surface area contributed by atoms with Gasteiger partial charge in [-0.2, -0.15) is 0 Å². The molecule has 4 nitrogen and oxygen atoms in total. The van der Waals surface area contributed by atoms with Crippen LogP contribution in [0.25, 0.3) is 0 Å². The van der Waals surface area contributed by atoms with E-state index in [1.807, 2.05) is 25.1 Å². The number of methoxy groups -OCH3 is 2. The van der Waals surface area contributed by atoms with Gasteiger partial charge in [0.1, 0.15) is 28.0 Å². The Morgan fingerprint density at radius 3 is 1.95 bits per heavy atom. The molecule has 0 heterocycles. The van der Waals surface area contributed by atoms with Gasteiger partial charge in [0.15, 0.2) is 0 Å². The highest BCUT2D eigenvalue weighted by atomic mass is 32.1. The predicted octanol–water partition coefficient (Wildman–Crippen LogP) is 3.44. The Labute approximate surface area is 129 Å². The fourth-order valence-electron chi connectivity index (χ4n) is 1.95. The van der Waals surface area contributed by atoms with Gasteiger partial charge in [0, 0.05) is 23.8 Å². The predicted molar refractivity (Wildman–Crippen MR) is 86.7 cm³/mol. The van der Waals surface area contributed by atoms with Gasteiger partial charge in [0.2, 0.25) is 0 Å². The maximum Gasteiger partial charge on any atom is 0.134 e. The van der Waals surface area contributed by atoms with E-state index in [4.69, 9.17) is 32.2 Å². The van der Waals surface area contributed by atoms with Gasteiger partial charge < -0.3 is 19.9 Å². The summed E-state index contributed by atoms with van der Waals surface area (Å²) >= 11 is 4.99. The van der Waals surface area contributed by atoms with Crippen LogP contribution in [0, 0.1) is 6.92 Å². The lowest BCUT2D eigenvalue weighted by Gasteiger charge is -2.11. The number of aryl methyl sites for hydroxylation is 1. The summed E-state index contributed by atoms with van der Waals surface area (Å²) in [4.78, 5) is 0.377. The van der Waals surface area contributed by atoms with E-state index in [9.17, 15) is 0 Å². The Kier molecular flexibility index (Phi) is 4.65. The second kappa shape index (κ2) is 6.45. The van der Waals surface area contributed by atoms with Crippen molar-refractivity contribution in [2.45, 2.75) is 6.92 Å². The molecule has 0 aliphatic carbocycles. The Morgan fingerprint density at radius 2 is 1.48 bits per heavy atom. The molecule has 2 rings (SSSR count). The summed E-state index contributed by atoms with van der Waals surface area (Å²) in [6.07, 6.45) is 0. The molecule has 0 aliphatic rings. The van der Waals surface area contributed by atoms with Crippen molar-refractivity contribution in [3.8, 4) is 23.0 Å². The number of thiocarbonyl (C=S) groups is 1. The van der Waals surface area contributed by atoms with Crippen LogP contribution in [0.3, 0.4) is 0 Å². The first-order valence-electron chi connectivity index (χ1n) is 6.35. The molecule has 2 aromatic rings. The molecule has 0 unspecified atom stereocenters. The van der Waals surface area contributed by atoms with E-state index in [0.717, 1.165) is 11.1 Å². The number of benzene rings is 2. The molecule has 2 aromatic carbocycles. The van der Waals surface area contributed by atoms with Crippen LogP contribution in [0.4, 0.5) is 0 Å². The molecular formula is C16H17NO3S. The average molecular weight is 303 g/mol. The van der Waals surface area contributed by atoms with Gasteiger partial charge in [0.25, 0.3) is 0 Å². The summed E-state index contributed by atoms with van der Waals surface area (Å²) in [6.45, 7) is 1.94. The summed E-state index contributed by atoms with van der Waals surface area (Å²) in [5.74, 6) is 2.66. The molecule has 0 saturated carbocycles. The lowest BCUT2D eigenvalue weighted by Crippen LogP contribution is -2.10. The number of hydrogen-bond donors (Lipinski definition) is 1. The van der Waals surface area contributed by atoms with Crippen LogP contribution < -0.4 is 19.9 Å². The quantitative estimate of drug-likeness (QED) is 0.858. The fraction of sp³-hybridized carbons (Fsp3) is 0.188. The first-order chi connectivity index (χ1) is 10.0. The third-order valence-electron chi connectivity index (χ3n) is 3.02. The summed E-state index contributed by atoms with van der Waals surface area (Å²) in [7, 11) is 3.19. The Bertz CT molecular complexity index is 648. The molecule has 0 aromatic heterocycles. The minimum atomic E-state index is 0.377. The smallest absolute Gasteiger partial charge is 0.134 e. The second-order valence-electron chi connectivity index (χ2n) is 4.49. The van der Waals surface area contributed by atoms with Crippen LogP contribution in [0.2, 0.25) is 0 Å². The van der Waals surface area contributed by atoms with Crippen LogP contribution in [0.15, 0.2) is 36.4 Å². The number of hydrogen-bond acceptors (Lipinski definition) is 4. The largest absolute Gasteiger partial charge is 0.496 e. The van der Waals surface area contributed by atoms with Crippen LogP contribution in [0.1, 0.15) is 11.1 Å². The second-order valence-corrected chi connectivity index (χ2v) is 4.93. The lowest BCUT2D eigenvalue weighted by molar-refractivity contribution is 0.386. The summed E-state index contributed by atoms with van der Waals surface area (Å²) < 4.78 is 16.3. The molecule has 0 fully saturated rings. The fourth-order valence-corrected chi connectivity index (χ4v) is 2.18. The first-order valence-corrected chi connectivity index (χ1v) is 6.75. The van der Waals surface area contributed by atoms with Gasteiger partial charge in [-0.3, -0.25) is 0 Å². The number of rotatable bonds is 5. The van der Waals surface area contributed by atoms with Crippen LogP contribution in [-0.2, 0) is 0 Å². The van der Waals surface area contributed by atoms with Gasteiger partial charge in [-0.05, 0) is 30.7 Å². The van der Waals surface area contributed by atoms with Crippen molar-refractivity contribution in [2.75, 3.05) is 14.2 Å². The molecule has 0 atom stereocenters. The van der Waals surface area contributed by atoms with Gasteiger partial charge in [0.05, 0.1) is 14.2 Å². The van der Waals surface area contributed by atoms with Gasteiger partial charge in [-0.15, -0.1) is 0 Å². The highest BCUT2D eigenvalue weighted by Gasteiger charge is 2.07. The van der Waals surface area contributed by atoms with E-state index >= 15 is 0 Å². The van der Waals surface area contributed by atoms with Crippen molar-refractivity contribution in [2.24, 2.45) is 5.73 Å². The van der Waals surface area contributed by atoms with Crippen molar-refractivity contribution in [1.29, 1.82) is 0 Å². The molecule has 5 heteroatoms. The van der Waals surface area contributed by atoms with E-state index in [-0.39, 0.29) is 0 Å². The van der Waals surface area contributed by atoms with Gasteiger partial charge in [-0.25, -0.2) is 0 Å². The monoisotopic (exact) mass is 303 g/mol. The highest BCUT2D eigenvalue weighted by Crippen LogP contribution is 2.31. The average Bonchev–Trinajstić information content (AvgIpc) is 2.46. The highest BCUT2D eigenvalue weighted by molar-refractivity contribution is 7.80. The molecule has 0 radical (unpaired) electrons. The summed E-state index contributed by atoms with van der Waals surface area (Å²) in [5, 5.41) is 0. The minimum absolute atomic E-state index is 0.377. The van der Waals surface area contributed by atoms with Crippen molar-refractivity contribution in [3.63, 3.8) is 0 Å². The maximum atomic E-state index is 5.83. The Hall–Kier alpha value is -2.27. The van der Waals surface area contributed by atoms with Gasteiger partial charge >= 0.3 is 0 Å². The number of nitrogens with two attached hydrogens (primary N) is 1. The molecule has 21 heavy (non-hydrogen) atoms. The standard InChI is InChI=1S/C16H17NO3S/c1-10-6-11(4-5-15(10)16(17)21)20-14-8-12(18-2)7-13(9-14)19-3/h4-9H,1-3H3,(H2,17,21). The topological polar surface area (TPSA) is 53.7 Å². The molecule has 0 saturated heterocycles. The first kappa shape index (κ1) is 15.1. The Balaban J connectivity index is 2.29. The zero-order valence-corrected chi connectivity index (χ0v) is 13.0. The lowest BCUT2D eigenvalue weighted by atomic mass is 10.1. The summed E-state index contributed by atoms with van der Waals surface area (Å²) in [6, 6.07) is 10.9. The summed E-state index contributed by atoms with van der Waals surface area (Å²) in [5.41, 5.74) is 7.47. The van der Waals surface area contributed by atoms with Crippen LogP contribution in [0.5, 0.6) is 23.0 Å². The van der Waals surface area contributed by atoms with Gasteiger partial charge in [-0.1, -0.05) is 12.2 Å².